The second-order valence-corrected chi connectivity index (χ2v) is 6.78. The maximum absolute atomic E-state index is 13.2. The van der Waals surface area contributed by atoms with Crippen molar-refractivity contribution in [3.8, 4) is 0 Å². The van der Waals surface area contributed by atoms with Crippen LogP contribution >= 0.6 is 11.3 Å². The molecule has 8 heteroatoms. The van der Waals surface area contributed by atoms with Gasteiger partial charge in [0.1, 0.15) is 5.82 Å². The molecule has 1 heterocycles. The van der Waals surface area contributed by atoms with E-state index >= 15 is 0 Å². The largest absolute Gasteiger partial charge is 0.332 e. The molecule has 0 aliphatic heterocycles. The number of nitrogens with zero attached hydrogens (tertiary/aromatic N) is 1. The van der Waals surface area contributed by atoms with Crippen LogP contribution in [-0.4, -0.2) is 36.2 Å². The summed E-state index contributed by atoms with van der Waals surface area (Å²) in [6.45, 7) is 3.08. The molecule has 0 fully saturated rings. The lowest BCUT2D eigenvalue weighted by molar-refractivity contribution is 0.0559. The third-order valence-corrected chi connectivity index (χ3v) is 4.72. The quantitative estimate of drug-likeness (QED) is 0.761. The van der Waals surface area contributed by atoms with E-state index in [0.717, 1.165) is 22.3 Å². The predicted octanol–water partition coefficient (Wildman–Crippen LogP) is 4.57. The summed E-state index contributed by atoms with van der Waals surface area (Å²) in [5.41, 5.74) is 0.735. The van der Waals surface area contributed by atoms with Crippen molar-refractivity contribution in [2.75, 3.05) is 18.4 Å². The molecule has 0 saturated carbocycles. The van der Waals surface area contributed by atoms with Gasteiger partial charge in [-0.25, -0.2) is 13.2 Å². The van der Waals surface area contributed by atoms with E-state index in [0.29, 0.717) is 21.9 Å². The van der Waals surface area contributed by atoms with E-state index in [1.807, 2.05) is 0 Å². The number of hydrogen-bond acceptors (Lipinski definition) is 3. The number of alkyl halides is 2. The van der Waals surface area contributed by atoms with Gasteiger partial charge in [0.25, 0.3) is 18.2 Å². The van der Waals surface area contributed by atoms with Crippen molar-refractivity contribution in [1.82, 2.24) is 4.90 Å². The Balaban J connectivity index is 2.17. The Bertz CT molecular complexity index is 792. The third kappa shape index (κ3) is 5.08. The van der Waals surface area contributed by atoms with Gasteiger partial charge in [-0.2, -0.15) is 0 Å². The van der Waals surface area contributed by atoms with Gasteiger partial charge in [-0.05, 0) is 43.2 Å². The van der Waals surface area contributed by atoms with Crippen LogP contribution < -0.4 is 5.32 Å². The Labute approximate surface area is 153 Å². The molecule has 26 heavy (non-hydrogen) atoms. The van der Waals surface area contributed by atoms with E-state index < -0.39 is 30.6 Å². The van der Waals surface area contributed by atoms with Crippen molar-refractivity contribution >= 4 is 28.2 Å². The lowest BCUT2D eigenvalue weighted by Gasteiger charge is -2.21. The molecule has 2 rings (SSSR count). The fourth-order valence-electron chi connectivity index (χ4n) is 2.43. The van der Waals surface area contributed by atoms with Gasteiger partial charge in [-0.1, -0.05) is 13.0 Å². The Hall–Kier alpha value is -2.35. The topological polar surface area (TPSA) is 49.4 Å². The Morgan fingerprint density at radius 2 is 2.00 bits per heavy atom. The molecule has 0 saturated heterocycles. The summed E-state index contributed by atoms with van der Waals surface area (Å²) >= 11 is 1.01. The normalized spacial score (nSPS) is 10.8. The summed E-state index contributed by atoms with van der Waals surface area (Å²) < 4.78 is 38.6. The van der Waals surface area contributed by atoms with Gasteiger partial charge in [0.05, 0.1) is 16.4 Å². The number of nitrogens with one attached hydrogen (secondary N) is 1. The first kappa shape index (κ1) is 20.0. The van der Waals surface area contributed by atoms with Crippen LogP contribution in [0.15, 0.2) is 30.3 Å². The molecular formula is C18H19F3N2O2S. The molecule has 0 unspecified atom stereocenters. The molecule has 0 spiro atoms. The fourth-order valence-corrected chi connectivity index (χ4v) is 3.46. The third-order valence-electron chi connectivity index (χ3n) is 3.57. The first-order valence-electron chi connectivity index (χ1n) is 8.06. The van der Waals surface area contributed by atoms with E-state index in [1.165, 1.54) is 18.2 Å². The van der Waals surface area contributed by atoms with Gasteiger partial charge in [-0.15, -0.1) is 11.3 Å². The maximum atomic E-state index is 13.2. The minimum absolute atomic E-state index is 0.147. The van der Waals surface area contributed by atoms with Crippen LogP contribution in [0.2, 0.25) is 0 Å². The average molecular weight is 384 g/mol. The van der Waals surface area contributed by atoms with Crippen LogP contribution in [-0.2, 0) is 0 Å². The summed E-state index contributed by atoms with van der Waals surface area (Å²) in [6.07, 6.45) is -2.05. The zero-order chi connectivity index (χ0) is 19.3. The molecule has 0 radical (unpaired) electrons. The van der Waals surface area contributed by atoms with Crippen molar-refractivity contribution in [1.29, 1.82) is 0 Å². The number of carbonyl (C=O) groups is 2. The van der Waals surface area contributed by atoms with Gasteiger partial charge >= 0.3 is 0 Å². The van der Waals surface area contributed by atoms with E-state index in [9.17, 15) is 22.8 Å². The molecule has 0 atom stereocenters. The van der Waals surface area contributed by atoms with Gasteiger partial charge in [0, 0.05) is 12.1 Å². The van der Waals surface area contributed by atoms with Crippen LogP contribution in [0.25, 0.3) is 0 Å². The highest BCUT2D eigenvalue weighted by Crippen LogP contribution is 2.28. The van der Waals surface area contributed by atoms with Crippen molar-refractivity contribution in [3.05, 3.63) is 52.2 Å². The summed E-state index contributed by atoms with van der Waals surface area (Å²) in [7, 11) is 0. The van der Waals surface area contributed by atoms with Gasteiger partial charge in [0.15, 0.2) is 0 Å². The number of anilines is 1. The lowest BCUT2D eigenvalue weighted by Crippen LogP contribution is -2.35. The second-order valence-electron chi connectivity index (χ2n) is 5.73. The van der Waals surface area contributed by atoms with Crippen molar-refractivity contribution in [3.63, 3.8) is 0 Å². The molecule has 2 aromatic rings. The fraction of sp³-hybridized carbons (Fsp3) is 0.333. The minimum Gasteiger partial charge on any atom is -0.332 e. The predicted molar refractivity (Wildman–Crippen MR) is 95.6 cm³/mol. The summed E-state index contributed by atoms with van der Waals surface area (Å²) in [4.78, 5) is 26.1. The first-order valence-corrected chi connectivity index (χ1v) is 8.88. The van der Waals surface area contributed by atoms with E-state index in [-0.39, 0.29) is 12.1 Å². The first-order chi connectivity index (χ1) is 12.3. The zero-order valence-corrected chi connectivity index (χ0v) is 15.2. The van der Waals surface area contributed by atoms with Crippen LogP contribution in [0.4, 0.5) is 18.2 Å². The molecule has 0 bridgehead atoms. The molecule has 1 aromatic heterocycles. The van der Waals surface area contributed by atoms with E-state index in [1.54, 1.807) is 19.9 Å². The number of carbonyl (C=O) groups excluding carboxylic acids is 2. The Morgan fingerprint density at radius 3 is 2.62 bits per heavy atom. The van der Waals surface area contributed by atoms with Crippen molar-refractivity contribution in [2.45, 2.75) is 26.7 Å². The zero-order valence-electron chi connectivity index (χ0n) is 14.4. The number of amides is 2. The molecule has 4 nitrogen and oxygen atoms in total. The van der Waals surface area contributed by atoms with Gasteiger partial charge < -0.3 is 10.2 Å². The summed E-state index contributed by atoms with van der Waals surface area (Å²) in [6, 6.07) is 6.83. The lowest BCUT2D eigenvalue weighted by atomic mass is 10.2. The Kier molecular flexibility index (Phi) is 6.79. The number of benzene rings is 1. The van der Waals surface area contributed by atoms with Gasteiger partial charge in [-0.3, -0.25) is 9.59 Å². The monoisotopic (exact) mass is 384 g/mol. The van der Waals surface area contributed by atoms with E-state index in [2.05, 4.69) is 5.32 Å². The van der Waals surface area contributed by atoms with Gasteiger partial charge in [0.2, 0.25) is 0 Å². The molecule has 140 valence electrons. The van der Waals surface area contributed by atoms with Crippen molar-refractivity contribution in [2.24, 2.45) is 0 Å². The molecule has 2 amide bonds. The minimum atomic E-state index is -2.61. The Morgan fingerprint density at radius 1 is 1.27 bits per heavy atom. The van der Waals surface area contributed by atoms with Crippen molar-refractivity contribution < 1.29 is 22.8 Å². The van der Waals surface area contributed by atoms with Crippen LogP contribution in [0, 0.1) is 12.7 Å². The standard InChI is InChI=1S/C18H19F3N2O2S/c1-3-7-23(10-14(20)21)18(25)16-11(2)8-15(26-16)22-17(24)12-5-4-6-13(19)9-12/h4-6,8-9,14H,3,7,10H2,1-2H3,(H,22,24). The second kappa shape index (κ2) is 8.84. The summed E-state index contributed by atoms with van der Waals surface area (Å²) in [5, 5.41) is 3.00. The molecular weight excluding hydrogens is 365 g/mol. The average Bonchev–Trinajstić information content (AvgIpc) is 2.93. The van der Waals surface area contributed by atoms with Crippen LogP contribution in [0.1, 0.15) is 38.9 Å². The van der Waals surface area contributed by atoms with E-state index in [4.69, 9.17) is 0 Å². The number of halogens is 3. The molecule has 1 aromatic carbocycles. The number of hydrogen-bond donors (Lipinski definition) is 1. The molecule has 0 aliphatic carbocycles. The highest BCUT2D eigenvalue weighted by Gasteiger charge is 2.23. The van der Waals surface area contributed by atoms with Crippen LogP contribution in [0.5, 0.6) is 0 Å². The highest BCUT2D eigenvalue weighted by atomic mass is 32.1. The van der Waals surface area contributed by atoms with Crippen LogP contribution in [0.3, 0.4) is 0 Å². The highest BCUT2D eigenvalue weighted by molar-refractivity contribution is 7.18. The molecule has 1 N–H and O–H groups in total. The molecule has 0 aliphatic rings. The SMILES string of the molecule is CCCN(CC(F)F)C(=O)c1sc(NC(=O)c2cccc(F)c2)cc1C. The maximum Gasteiger partial charge on any atom is 0.264 e. The number of rotatable bonds is 7. The number of thiophene rings is 1. The summed E-state index contributed by atoms with van der Waals surface area (Å²) in [5.74, 6) is -1.53. The smallest absolute Gasteiger partial charge is 0.264 e. The number of aryl methyl sites for hydroxylation is 1.